The number of rotatable bonds is 2. The van der Waals surface area contributed by atoms with Gasteiger partial charge in [-0.25, -0.2) is 0 Å². The molecule has 0 bridgehead atoms. The average Bonchev–Trinajstić information content (AvgIpc) is 2.54. The summed E-state index contributed by atoms with van der Waals surface area (Å²) in [5.74, 6) is 0.653. The maximum atomic E-state index is 9.66. The Morgan fingerprint density at radius 2 is 2.29 bits per heavy atom. The van der Waals surface area contributed by atoms with E-state index in [0.717, 1.165) is 26.1 Å². The molecule has 2 fully saturated rings. The highest BCUT2D eigenvalue weighted by Gasteiger charge is 2.25. The molecule has 3 atom stereocenters. The van der Waals surface area contributed by atoms with E-state index in [4.69, 9.17) is 0 Å². The van der Waals surface area contributed by atoms with Crippen LogP contribution in [0.1, 0.15) is 26.2 Å². The standard InChI is InChI=1S/C11H22N2O/c1-9-5-11(14)8-13(6-9)7-10-3-2-4-12-10/h9-12,14H,2-8H2,1H3. The third-order valence-electron chi connectivity index (χ3n) is 3.35. The van der Waals surface area contributed by atoms with Gasteiger partial charge in [0.2, 0.25) is 0 Å². The molecule has 3 heteroatoms. The Hall–Kier alpha value is -0.120. The van der Waals surface area contributed by atoms with E-state index in [9.17, 15) is 5.11 Å². The van der Waals surface area contributed by atoms with E-state index >= 15 is 0 Å². The zero-order chi connectivity index (χ0) is 9.97. The predicted octanol–water partition coefficient (Wildman–Crippen LogP) is 0.441. The van der Waals surface area contributed by atoms with Gasteiger partial charge in [-0.15, -0.1) is 0 Å². The van der Waals surface area contributed by atoms with Crippen molar-refractivity contribution in [2.24, 2.45) is 5.92 Å². The van der Waals surface area contributed by atoms with Crippen LogP contribution in [0.25, 0.3) is 0 Å². The van der Waals surface area contributed by atoms with Crippen molar-refractivity contribution in [2.75, 3.05) is 26.2 Å². The highest BCUT2D eigenvalue weighted by Crippen LogP contribution is 2.17. The number of β-amino-alcohol motifs (C(OH)–C–C–N with tert-alkyl or cyclic N) is 1. The largest absolute Gasteiger partial charge is 0.392 e. The number of likely N-dealkylation sites (tertiary alicyclic amines) is 1. The lowest BCUT2D eigenvalue weighted by molar-refractivity contribution is 0.0411. The van der Waals surface area contributed by atoms with Crippen LogP contribution in [0.5, 0.6) is 0 Å². The summed E-state index contributed by atoms with van der Waals surface area (Å²) in [6, 6.07) is 0.674. The molecule has 2 N–H and O–H groups in total. The molecule has 0 aliphatic carbocycles. The van der Waals surface area contributed by atoms with Crippen molar-refractivity contribution in [2.45, 2.75) is 38.3 Å². The maximum absolute atomic E-state index is 9.66. The van der Waals surface area contributed by atoms with Gasteiger partial charge in [0.05, 0.1) is 6.10 Å². The van der Waals surface area contributed by atoms with Gasteiger partial charge in [-0.2, -0.15) is 0 Å². The number of piperidine rings is 1. The topological polar surface area (TPSA) is 35.5 Å². The minimum atomic E-state index is -0.0971. The monoisotopic (exact) mass is 198 g/mol. The van der Waals surface area contributed by atoms with Crippen molar-refractivity contribution in [1.82, 2.24) is 10.2 Å². The lowest BCUT2D eigenvalue weighted by atomic mass is 9.97. The second-order valence-corrected chi connectivity index (χ2v) is 5.01. The first kappa shape index (κ1) is 10.4. The number of hydrogen-bond acceptors (Lipinski definition) is 3. The van der Waals surface area contributed by atoms with Gasteiger partial charge in [-0.3, -0.25) is 4.90 Å². The van der Waals surface area contributed by atoms with Crippen LogP contribution in [-0.4, -0.2) is 48.3 Å². The fourth-order valence-corrected chi connectivity index (χ4v) is 2.80. The Balaban J connectivity index is 1.78. The van der Waals surface area contributed by atoms with Crippen LogP contribution in [0.4, 0.5) is 0 Å². The van der Waals surface area contributed by atoms with Gasteiger partial charge in [0.1, 0.15) is 0 Å². The summed E-state index contributed by atoms with van der Waals surface area (Å²) in [5, 5.41) is 13.2. The Morgan fingerprint density at radius 3 is 2.93 bits per heavy atom. The van der Waals surface area contributed by atoms with Crippen LogP contribution in [0, 0.1) is 5.92 Å². The van der Waals surface area contributed by atoms with E-state index in [2.05, 4.69) is 17.1 Å². The zero-order valence-electron chi connectivity index (χ0n) is 9.08. The number of nitrogens with one attached hydrogen (secondary N) is 1. The van der Waals surface area contributed by atoms with Crippen molar-refractivity contribution in [3.63, 3.8) is 0 Å². The summed E-state index contributed by atoms with van der Waals surface area (Å²) < 4.78 is 0. The average molecular weight is 198 g/mol. The molecule has 2 heterocycles. The molecule has 0 amide bonds. The van der Waals surface area contributed by atoms with Crippen LogP contribution in [0.15, 0.2) is 0 Å². The van der Waals surface area contributed by atoms with Gasteiger partial charge in [-0.1, -0.05) is 6.92 Å². The summed E-state index contributed by atoms with van der Waals surface area (Å²) in [5.41, 5.74) is 0. The molecule has 82 valence electrons. The lowest BCUT2D eigenvalue weighted by Crippen LogP contribution is -2.47. The molecule has 3 nitrogen and oxygen atoms in total. The van der Waals surface area contributed by atoms with Crippen molar-refractivity contribution >= 4 is 0 Å². The number of hydrogen-bond donors (Lipinski definition) is 2. The van der Waals surface area contributed by atoms with Gasteiger partial charge < -0.3 is 10.4 Å². The molecule has 2 aliphatic heterocycles. The van der Waals surface area contributed by atoms with Gasteiger partial charge in [-0.05, 0) is 31.7 Å². The van der Waals surface area contributed by atoms with E-state index < -0.39 is 0 Å². The first-order valence-electron chi connectivity index (χ1n) is 5.88. The molecule has 14 heavy (non-hydrogen) atoms. The molecule has 0 radical (unpaired) electrons. The first-order valence-corrected chi connectivity index (χ1v) is 5.88. The van der Waals surface area contributed by atoms with E-state index in [1.54, 1.807) is 0 Å². The van der Waals surface area contributed by atoms with Crippen LogP contribution < -0.4 is 5.32 Å². The molecule has 2 aliphatic rings. The van der Waals surface area contributed by atoms with Crippen LogP contribution in [0.2, 0.25) is 0 Å². The maximum Gasteiger partial charge on any atom is 0.0670 e. The van der Waals surface area contributed by atoms with Crippen LogP contribution in [-0.2, 0) is 0 Å². The van der Waals surface area contributed by atoms with Gasteiger partial charge in [0.25, 0.3) is 0 Å². The Kier molecular flexibility index (Phi) is 3.42. The van der Waals surface area contributed by atoms with E-state index in [-0.39, 0.29) is 6.10 Å². The SMILES string of the molecule is CC1CC(O)CN(CC2CCCN2)C1. The quantitative estimate of drug-likeness (QED) is 0.676. The smallest absolute Gasteiger partial charge is 0.0670 e. The Bertz CT molecular complexity index is 170. The summed E-state index contributed by atoms with van der Waals surface area (Å²) in [7, 11) is 0. The number of aliphatic hydroxyl groups is 1. The third kappa shape index (κ3) is 2.69. The molecule has 0 saturated carbocycles. The molecular weight excluding hydrogens is 176 g/mol. The fourth-order valence-electron chi connectivity index (χ4n) is 2.80. The molecule has 2 rings (SSSR count). The Labute approximate surface area is 86.5 Å². The summed E-state index contributed by atoms with van der Waals surface area (Å²) in [4.78, 5) is 2.42. The number of nitrogens with zero attached hydrogens (tertiary/aromatic N) is 1. The van der Waals surface area contributed by atoms with Gasteiger partial charge in [0, 0.05) is 25.7 Å². The van der Waals surface area contributed by atoms with Crippen molar-refractivity contribution in [3.05, 3.63) is 0 Å². The van der Waals surface area contributed by atoms with Gasteiger partial charge >= 0.3 is 0 Å². The minimum Gasteiger partial charge on any atom is -0.392 e. The minimum absolute atomic E-state index is 0.0971. The van der Waals surface area contributed by atoms with Crippen molar-refractivity contribution in [1.29, 1.82) is 0 Å². The highest BCUT2D eigenvalue weighted by atomic mass is 16.3. The predicted molar refractivity (Wildman–Crippen MR) is 57.3 cm³/mol. The Morgan fingerprint density at radius 1 is 1.43 bits per heavy atom. The molecule has 0 aromatic carbocycles. The highest BCUT2D eigenvalue weighted by molar-refractivity contribution is 4.82. The second-order valence-electron chi connectivity index (χ2n) is 5.01. The second kappa shape index (κ2) is 4.60. The van der Waals surface area contributed by atoms with Crippen molar-refractivity contribution < 1.29 is 5.11 Å². The zero-order valence-corrected chi connectivity index (χ0v) is 9.08. The summed E-state index contributed by atoms with van der Waals surface area (Å²) >= 11 is 0. The van der Waals surface area contributed by atoms with E-state index in [0.29, 0.717) is 12.0 Å². The summed E-state index contributed by atoms with van der Waals surface area (Å²) in [6.07, 6.45) is 3.51. The van der Waals surface area contributed by atoms with E-state index in [1.165, 1.54) is 19.4 Å². The molecular formula is C11H22N2O. The van der Waals surface area contributed by atoms with Gasteiger partial charge in [0.15, 0.2) is 0 Å². The third-order valence-corrected chi connectivity index (χ3v) is 3.35. The summed E-state index contributed by atoms with van der Waals surface area (Å²) in [6.45, 7) is 6.58. The van der Waals surface area contributed by atoms with Crippen molar-refractivity contribution in [3.8, 4) is 0 Å². The van der Waals surface area contributed by atoms with E-state index in [1.807, 2.05) is 0 Å². The lowest BCUT2D eigenvalue weighted by Gasteiger charge is -2.35. The molecule has 2 saturated heterocycles. The molecule has 0 aromatic heterocycles. The van der Waals surface area contributed by atoms with Crippen LogP contribution in [0.3, 0.4) is 0 Å². The molecule has 3 unspecified atom stereocenters. The number of aliphatic hydroxyl groups excluding tert-OH is 1. The normalized spacial score (nSPS) is 40.3. The molecule has 0 aromatic rings. The fraction of sp³-hybridized carbons (Fsp3) is 1.00. The first-order chi connectivity index (χ1) is 6.74. The molecule has 0 spiro atoms. The van der Waals surface area contributed by atoms with Crippen LogP contribution >= 0.6 is 0 Å².